The van der Waals surface area contributed by atoms with Crippen molar-refractivity contribution >= 4 is 11.8 Å². The second-order valence-corrected chi connectivity index (χ2v) is 4.71. The number of aromatic nitrogens is 2. The fraction of sp³-hybridized carbons (Fsp3) is 0.357. The van der Waals surface area contributed by atoms with E-state index >= 15 is 0 Å². The Bertz CT molecular complexity index is 611. The molecule has 0 radical (unpaired) electrons. The summed E-state index contributed by atoms with van der Waals surface area (Å²) in [5, 5.41) is 24.7. The number of aliphatic imine (C=N–C) groups is 1. The highest BCUT2D eigenvalue weighted by Crippen LogP contribution is 2.21. The van der Waals surface area contributed by atoms with Crippen molar-refractivity contribution in [1.29, 1.82) is 0 Å². The van der Waals surface area contributed by atoms with Crippen LogP contribution in [0.3, 0.4) is 0 Å². The Hall–Kier alpha value is -2.21. The lowest BCUT2D eigenvalue weighted by atomic mass is 10.1. The Morgan fingerprint density at radius 2 is 2.10 bits per heavy atom. The number of rotatable bonds is 4. The van der Waals surface area contributed by atoms with Crippen LogP contribution in [0.15, 0.2) is 33.8 Å². The number of aryl methyl sites for hydroxylation is 1. The van der Waals surface area contributed by atoms with Crippen molar-refractivity contribution in [3.8, 4) is 0 Å². The van der Waals surface area contributed by atoms with Crippen LogP contribution in [0.5, 0.6) is 0 Å². The Balaban J connectivity index is 2.34. The summed E-state index contributed by atoms with van der Waals surface area (Å²) in [7, 11) is 0. The summed E-state index contributed by atoms with van der Waals surface area (Å²) in [4.78, 5) is 3.71. The highest BCUT2D eigenvalue weighted by atomic mass is 16.5. The van der Waals surface area contributed by atoms with Crippen LogP contribution >= 0.6 is 0 Å². The van der Waals surface area contributed by atoms with Gasteiger partial charge < -0.3 is 10.2 Å². The SMILES string of the molecule is C/C([O-])=N/c1on[n+](Cc2ccc(C)cc2)c1C(C)O. The van der Waals surface area contributed by atoms with Gasteiger partial charge in [0.2, 0.25) is 11.8 Å². The molecule has 0 saturated heterocycles. The molecule has 1 aromatic heterocycles. The number of aliphatic hydroxyl groups excluding tert-OH is 1. The number of aliphatic hydroxyl groups is 1. The third-order valence-electron chi connectivity index (χ3n) is 2.83. The Labute approximate surface area is 117 Å². The molecule has 6 heteroatoms. The van der Waals surface area contributed by atoms with Gasteiger partial charge in [0.15, 0.2) is 0 Å². The molecule has 1 unspecified atom stereocenters. The van der Waals surface area contributed by atoms with E-state index in [4.69, 9.17) is 4.52 Å². The first-order valence-electron chi connectivity index (χ1n) is 6.33. The van der Waals surface area contributed by atoms with E-state index in [0.717, 1.165) is 5.56 Å². The molecule has 0 amide bonds. The normalized spacial score (nSPS) is 13.5. The summed E-state index contributed by atoms with van der Waals surface area (Å²) in [5.74, 6) is -0.342. The monoisotopic (exact) mass is 275 g/mol. The van der Waals surface area contributed by atoms with E-state index in [0.29, 0.717) is 12.2 Å². The molecule has 6 nitrogen and oxygen atoms in total. The smallest absolute Gasteiger partial charge is 0.326 e. The van der Waals surface area contributed by atoms with Crippen molar-refractivity contribution in [3.63, 3.8) is 0 Å². The first-order valence-corrected chi connectivity index (χ1v) is 6.33. The molecule has 1 heterocycles. The molecule has 2 aromatic rings. The van der Waals surface area contributed by atoms with Crippen molar-refractivity contribution in [1.82, 2.24) is 5.27 Å². The second-order valence-electron chi connectivity index (χ2n) is 4.71. The van der Waals surface area contributed by atoms with Crippen molar-refractivity contribution in [2.45, 2.75) is 33.4 Å². The Morgan fingerprint density at radius 1 is 1.45 bits per heavy atom. The van der Waals surface area contributed by atoms with Crippen LogP contribution in [0.1, 0.15) is 36.8 Å². The van der Waals surface area contributed by atoms with Crippen molar-refractivity contribution in [2.75, 3.05) is 0 Å². The number of benzene rings is 1. The minimum absolute atomic E-state index is 0.0552. The molecule has 0 saturated carbocycles. The molecule has 1 atom stereocenters. The summed E-state index contributed by atoms with van der Waals surface area (Å²) in [6.07, 6.45) is -0.829. The molecule has 1 aromatic carbocycles. The summed E-state index contributed by atoms with van der Waals surface area (Å²) >= 11 is 0. The minimum atomic E-state index is -0.829. The first kappa shape index (κ1) is 14.2. The molecule has 0 bridgehead atoms. The van der Waals surface area contributed by atoms with Crippen LogP contribution in [0.4, 0.5) is 5.88 Å². The summed E-state index contributed by atoms with van der Waals surface area (Å²) in [5.41, 5.74) is 2.58. The molecule has 1 N–H and O–H groups in total. The van der Waals surface area contributed by atoms with Crippen LogP contribution in [0, 0.1) is 6.92 Å². The fourth-order valence-electron chi connectivity index (χ4n) is 1.88. The zero-order valence-corrected chi connectivity index (χ0v) is 11.7. The Kier molecular flexibility index (Phi) is 4.14. The zero-order valence-electron chi connectivity index (χ0n) is 11.7. The molecule has 106 valence electrons. The lowest BCUT2D eigenvalue weighted by Gasteiger charge is -2.01. The van der Waals surface area contributed by atoms with E-state index in [1.54, 1.807) is 6.92 Å². The Morgan fingerprint density at radius 3 is 2.65 bits per heavy atom. The van der Waals surface area contributed by atoms with Gasteiger partial charge in [-0.15, -0.1) is 0 Å². The third kappa shape index (κ3) is 3.21. The molecule has 0 spiro atoms. The fourth-order valence-corrected chi connectivity index (χ4v) is 1.88. The standard InChI is InChI=1S/C14H17N3O3/c1-9-4-6-12(7-5-9)8-17-13(10(2)18)14(20-16-17)15-11(3)19/h4-7,10,18H,8H2,1-3H3. The van der Waals surface area contributed by atoms with E-state index in [1.165, 1.54) is 17.2 Å². The average Bonchev–Trinajstić information content (AvgIpc) is 2.74. The highest BCUT2D eigenvalue weighted by Gasteiger charge is 2.28. The molecule has 0 aliphatic rings. The van der Waals surface area contributed by atoms with Gasteiger partial charge in [-0.05, 0) is 31.4 Å². The van der Waals surface area contributed by atoms with E-state index in [-0.39, 0.29) is 5.88 Å². The molecular formula is C14H17N3O3. The van der Waals surface area contributed by atoms with Gasteiger partial charge >= 0.3 is 11.6 Å². The van der Waals surface area contributed by atoms with Gasteiger partial charge in [0.25, 0.3) is 0 Å². The van der Waals surface area contributed by atoms with Crippen molar-refractivity contribution in [2.24, 2.45) is 4.99 Å². The molecule has 20 heavy (non-hydrogen) atoms. The quantitative estimate of drug-likeness (QED) is 0.507. The maximum atomic E-state index is 11.0. The predicted octanol–water partition coefficient (Wildman–Crippen LogP) is 0.782. The minimum Gasteiger partial charge on any atom is -0.862 e. The van der Waals surface area contributed by atoms with Gasteiger partial charge in [-0.2, -0.15) is 0 Å². The summed E-state index contributed by atoms with van der Waals surface area (Å²) in [6, 6.07) is 7.95. The van der Waals surface area contributed by atoms with Gasteiger partial charge in [-0.3, -0.25) is 4.52 Å². The molecule has 0 aliphatic carbocycles. The van der Waals surface area contributed by atoms with Gasteiger partial charge in [0, 0.05) is 5.56 Å². The maximum absolute atomic E-state index is 11.0. The summed E-state index contributed by atoms with van der Waals surface area (Å²) in [6.45, 7) is 5.35. The van der Waals surface area contributed by atoms with Crippen LogP contribution in [-0.2, 0) is 6.54 Å². The van der Waals surface area contributed by atoms with E-state index < -0.39 is 12.0 Å². The van der Waals surface area contributed by atoms with E-state index in [1.807, 2.05) is 31.2 Å². The van der Waals surface area contributed by atoms with Crippen LogP contribution in [0.2, 0.25) is 0 Å². The number of hydrogen-bond acceptors (Lipinski definition) is 5. The molecular weight excluding hydrogens is 258 g/mol. The summed E-state index contributed by atoms with van der Waals surface area (Å²) < 4.78 is 6.54. The lowest BCUT2D eigenvalue weighted by Crippen LogP contribution is -2.40. The van der Waals surface area contributed by atoms with Crippen LogP contribution < -0.4 is 9.79 Å². The lowest BCUT2D eigenvalue weighted by molar-refractivity contribution is -0.763. The zero-order chi connectivity index (χ0) is 14.7. The van der Waals surface area contributed by atoms with E-state index in [2.05, 4.69) is 10.3 Å². The highest BCUT2D eigenvalue weighted by molar-refractivity contribution is 5.71. The molecule has 2 rings (SSSR count). The maximum Gasteiger partial charge on any atom is 0.326 e. The molecule has 0 aliphatic heterocycles. The third-order valence-corrected chi connectivity index (χ3v) is 2.83. The largest absolute Gasteiger partial charge is 0.862 e. The topological polar surface area (TPSA) is 85.6 Å². The first-order chi connectivity index (χ1) is 9.47. The van der Waals surface area contributed by atoms with Gasteiger partial charge in [0.1, 0.15) is 6.10 Å². The van der Waals surface area contributed by atoms with Crippen LogP contribution in [0.25, 0.3) is 0 Å². The molecule has 0 fully saturated rings. The second kappa shape index (κ2) is 5.83. The van der Waals surface area contributed by atoms with Gasteiger partial charge in [0.05, 0.1) is 0 Å². The van der Waals surface area contributed by atoms with Crippen molar-refractivity contribution in [3.05, 3.63) is 41.1 Å². The number of nitrogens with zero attached hydrogens (tertiary/aromatic N) is 3. The van der Waals surface area contributed by atoms with Crippen LogP contribution in [-0.4, -0.2) is 16.3 Å². The van der Waals surface area contributed by atoms with E-state index in [9.17, 15) is 10.2 Å². The van der Waals surface area contributed by atoms with Crippen molar-refractivity contribution < 1.29 is 19.4 Å². The predicted molar refractivity (Wildman–Crippen MR) is 70.4 cm³/mol. The number of hydrogen-bond donors (Lipinski definition) is 1. The van der Waals surface area contributed by atoms with Gasteiger partial charge in [-0.1, -0.05) is 29.8 Å². The van der Waals surface area contributed by atoms with Gasteiger partial charge in [-0.25, -0.2) is 4.99 Å². The average molecular weight is 275 g/mol.